The summed E-state index contributed by atoms with van der Waals surface area (Å²) in [7, 11) is 0. The average Bonchev–Trinajstić information content (AvgIpc) is 2.23. The monoisotopic (exact) mass is 211 g/mol. The molecule has 0 spiro atoms. The van der Waals surface area contributed by atoms with E-state index in [4.69, 9.17) is 15.2 Å². The molecule has 0 aliphatic carbocycles. The Labute approximate surface area is 89.6 Å². The van der Waals surface area contributed by atoms with Crippen molar-refractivity contribution in [2.45, 2.75) is 20.3 Å². The second-order valence-corrected chi connectivity index (χ2v) is 3.12. The number of hydrogen-bond donors (Lipinski definition) is 1. The molecule has 0 saturated heterocycles. The van der Waals surface area contributed by atoms with Crippen molar-refractivity contribution in [1.29, 1.82) is 0 Å². The molecule has 0 radical (unpaired) electrons. The molecule has 84 valence electrons. The maximum Gasteiger partial charge on any atom is 0.319 e. The van der Waals surface area contributed by atoms with Crippen LogP contribution in [0, 0.1) is 6.92 Å². The zero-order valence-corrected chi connectivity index (χ0v) is 9.19. The molecule has 0 bridgehead atoms. The fraction of sp³-hybridized carbons (Fsp3) is 0.600. The van der Waals surface area contributed by atoms with Crippen LogP contribution in [0.15, 0.2) is 6.07 Å². The van der Waals surface area contributed by atoms with Crippen LogP contribution in [0.25, 0.3) is 0 Å². The van der Waals surface area contributed by atoms with Crippen LogP contribution in [-0.2, 0) is 0 Å². The van der Waals surface area contributed by atoms with E-state index in [1.54, 1.807) is 6.07 Å². The fourth-order valence-corrected chi connectivity index (χ4v) is 1.01. The molecule has 0 aromatic carbocycles. The minimum absolute atomic E-state index is 0.326. The molecule has 0 aliphatic heterocycles. The number of aryl methyl sites for hydroxylation is 1. The Morgan fingerprint density at radius 2 is 2.07 bits per heavy atom. The molecule has 0 saturated carbocycles. The van der Waals surface area contributed by atoms with Crippen LogP contribution >= 0.6 is 0 Å². The summed E-state index contributed by atoms with van der Waals surface area (Å²) in [5, 5.41) is 0. The molecule has 15 heavy (non-hydrogen) atoms. The van der Waals surface area contributed by atoms with Gasteiger partial charge in [-0.15, -0.1) is 0 Å². The summed E-state index contributed by atoms with van der Waals surface area (Å²) in [6.07, 6.45) is 0.946. The third-order valence-corrected chi connectivity index (χ3v) is 1.61. The van der Waals surface area contributed by atoms with Gasteiger partial charge in [-0.05, 0) is 13.3 Å². The smallest absolute Gasteiger partial charge is 0.319 e. The van der Waals surface area contributed by atoms with Gasteiger partial charge in [-0.2, -0.15) is 4.98 Å². The van der Waals surface area contributed by atoms with Crippen LogP contribution in [0.3, 0.4) is 0 Å². The number of hydrogen-bond acceptors (Lipinski definition) is 5. The standard InChI is InChI=1S/C10H17N3O2/c1-3-5-14-9-7-8(2)12-10(13-9)15-6-4-11/h7H,3-6,11H2,1-2H3. The molecule has 1 aromatic heterocycles. The summed E-state index contributed by atoms with van der Waals surface area (Å²) in [4.78, 5) is 8.21. The summed E-state index contributed by atoms with van der Waals surface area (Å²) in [6, 6.07) is 2.11. The van der Waals surface area contributed by atoms with Crippen LogP contribution < -0.4 is 15.2 Å². The number of rotatable bonds is 6. The Morgan fingerprint density at radius 1 is 1.27 bits per heavy atom. The van der Waals surface area contributed by atoms with Gasteiger partial charge in [0.25, 0.3) is 0 Å². The topological polar surface area (TPSA) is 70.3 Å². The number of nitrogens with zero attached hydrogens (tertiary/aromatic N) is 2. The maximum absolute atomic E-state index is 5.39. The van der Waals surface area contributed by atoms with Gasteiger partial charge in [-0.3, -0.25) is 0 Å². The highest BCUT2D eigenvalue weighted by Gasteiger charge is 2.03. The van der Waals surface area contributed by atoms with Crippen molar-refractivity contribution >= 4 is 0 Å². The predicted molar refractivity (Wildman–Crippen MR) is 57.1 cm³/mol. The molecule has 0 atom stereocenters. The molecule has 2 N–H and O–H groups in total. The number of aromatic nitrogens is 2. The van der Waals surface area contributed by atoms with E-state index in [0.29, 0.717) is 31.6 Å². The molecule has 0 aliphatic rings. The minimum Gasteiger partial charge on any atom is -0.478 e. The van der Waals surface area contributed by atoms with Gasteiger partial charge >= 0.3 is 6.01 Å². The molecule has 1 aromatic rings. The number of nitrogens with two attached hydrogens (primary N) is 1. The molecule has 1 heterocycles. The highest BCUT2D eigenvalue weighted by molar-refractivity contribution is 5.17. The Bertz CT molecular complexity index is 278. The lowest BCUT2D eigenvalue weighted by Gasteiger charge is -2.07. The quantitative estimate of drug-likeness (QED) is 0.757. The first kappa shape index (κ1) is 11.7. The maximum atomic E-state index is 5.39. The molecular weight excluding hydrogens is 194 g/mol. The fourth-order valence-electron chi connectivity index (χ4n) is 1.01. The second-order valence-electron chi connectivity index (χ2n) is 3.12. The molecular formula is C10H17N3O2. The van der Waals surface area contributed by atoms with Crippen molar-refractivity contribution < 1.29 is 9.47 Å². The van der Waals surface area contributed by atoms with Gasteiger partial charge in [0, 0.05) is 18.3 Å². The minimum atomic E-state index is 0.326. The van der Waals surface area contributed by atoms with E-state index in [2.05, 4.69) is 9.97 Å². The predicted octanol–water partition coefficient (Wildman–Crippen LogP) is 0.911. The van der Waals surface area contributed by atoms with Crippen molar-refractivity contribution in [1.82, 2.24) is 9.97 Å². The van der Waals surface area contributed by atoms with Crippen LogP contribution in [-0.4, -0.2) is 29.7 Å². The lowest BCUT2D eigenvalue weighted by Crippen LogP contribution is -2.12. The van der Waals surface area contributed by atoms with Crippen molar-refractivity contribution in [3.8, 4) is 11.9 Å². The first-order chi connectivity index (χ1) is 7.26. The van der Waals surface area contributed by atoms with Gasteiger partial charge in [0.1, 0.15) is 6.61 Å². The summed E-state index contributed by atoms with van der Waals surface area (Å²) in [6.45, 7) is 5.42. The molecule has 0 fully saturated rings. The van der Waals surface area contributed by atoms with Gasteiger partial charge in [-0.1, -0.05) is 6.92 Å². The largest absolute Gasteiger partial charge is 0.478 e. The van der Waals surface area contributed by atoms with E-state index in [1.165, 1.54) is 0 Å². The van der Waals surface area contributed by atoms with Gasteiger partial charge in [0.15, 0.2) is 0 Å². The zero-order chi connectivity index (χ0) is 11.1. The van der Waals surface area contributed by atoms with Gasteiger partial charge < -0.3 is 15.2 Å². The summed E-state index contributed by atoms with van der Waals surface area (Å²) >= 11 is 0. The average molecular weight is 211 g/mol. The molecule has 0 amide bonds. The van der Waals surface area contributed by atoms with Gasteiger partial charge in [0.2, 0.25) is 5.88 Å². The molecule has 1 rings (SSSR count). The summed E-state index contributed by atoms with van der Waals surface area (Å²) < 4.78 is 10.6. The zero-order valence-electron chi connectivity index (χ0n) is 9.19. The normalized spacial score (nSPS) is 10.1. The van der Waals surface area contributed by atoms with E-state index >= 15 is 0 Å². The van der Waals surface area contributed by atoms with Crippen molar-refractivity contribution in [2.75, 3.05) is 19.8 Å². The molecule has 5 heteroatoms. The van der Waals surface area contributed by atoms with E-state index in [9.17, 15) is 0 Å². The molecule has 0 unspecified atom stereocenters. The second kappa shape index (κ2) is 6.19. The van der Waals surface area contributed by atoms with Crippen LogP contribution in [0.1, 0.15) is 19.0 Å². The summed E-state index contributed by atoms with van der Waals surface area (Å²) in [5.41, 5.74) is 6.14. The van der Waals surface area contributed by atoms with E-state index < -0.39 is 0 Å². The SMILES string of the molecule is CCCOc1cc(C)nc(OCCN)n1. The summed E-state index contributed by atoms with van der Waals surface area (Å²) in [5.74, 6) is 0.552. The lowest BCUT2D eigenvalue weighted by molar-refractivity contribution is 0.274. The van der Waals surface area contributed by atoms with Crippen molar-refractivity contribution in [3.63, 3.8) is 0 Å². The van der Waals surface area contributed by atoms with Crippen LogP contribution in [0.4, 0.5) is 0 Å². The van der Waals surface area contributed by atoms with E-state index in [1.807, 2.05) is 13.8 Å². The lowest BCUT2D eigenvalue weighted by atomic mass is 10.4. The van der Waals surface area contributed by atoms with Crippen molar-refractivity contribution in [2.24, 2.45) is 5.73 Å². The van der Waals surface area contributed by atoms with Crippen LogP contribution in [0.2, 0.25) is 0 Å². The third-order valence-electron chi connectivity index (χ3n) is 1.61. The Hall–Kier alpha value is -1.36. The highest BCUT2D eigenvalue weighted by atomic mass is 16.5. The first-order valence-electron chi connectivity index (χ1n) is 5.07. The van der Waals surface area contributed by atoms with E-state index in [-0.39, 0.29) is 0 Å². The van der Waals surface area contributed by atoms with Gasteiger partial charge in [-0.25, -0.2) is 4.98 Å². The van der Waals surface area contributed by atoms with Crippen molar-refractivity contribution in [3.05, 3.63) is 11.8 Å². The highest BCUT2D eigenvalue weighted by Crippen LogP contribution is 2.13. The first-order valence-corrected chi connectivity index (χ1v) is 5.07. The Kier molecular flexibility index (Phi) is 4.83. The Balaban J connectivity index is 2.66. The van der Waals surface area contributed by atoms with Crippen LogP contribution in [0.5, 0.6) is 11.9 Å². The Morgan fingerprint density at radius 3 is 2.73 bits per heavy atom. The third kappa shape index (κ3) is 4.12. The molecule has 5 nitrogen and oxygen atoms in total. The van der Waals surface area contributed by atoms with E-state index in [0.717, 1.165) is 12.1 Å². The number of ether oxygens (including phenoxy) is 2. The van der Waals surface area contributed by atoms with Gasteiger partial charge in [0.05, 0.1) is 6.61 Å².